The molecular weight excluding hydrogens is 410 g/mol. The Bertz CT molecular complexity index is 1290. The van der Waals surface area contributed by atoms with Crippen molar-refractivity contribution in [2.45, 2.75) is 6.10 Å². The molecule has 30 heavy (non-hydrogen) atoms. The van der Waals surface area contributed by atoms with E-state index in [1.54, 1.807) is 0 Å². The number of nitrogen functional groups attached to an aromatic ring is 1. The summed E-state index contributed by atoms with van der Waals surface area (Å²) < 4.78 is 58.8. The molecule has 0 spiro atoms. The molecule has 1 aliphatic rings. The van der Waals surface area contributed by atoms with Crippen LogP contribution in [0.15, 0.2) is 29.2 Å². The summed E-state index contributed by atoms with van der Waals surface area (Å²) in [5.41, 5.74) is 1.16. The van der Waals surface area contributed by atoms with E-state index in [0.717, 1.165) is 6.07 Å². The summed E-state index contributed by atoms with van der Waals surface area (Å²) in [6, 6.07) is 1.87. The van der Waals surface area contributed by atoms with Crippen molar-refractivity contribution in [2.75, 3.05) is 23.7 Å². The first-order valence-corrected chi connectivity index (χ1v) is 8.58. The molecule has 2 aromatic carbocycles. The van der Waals surface area contributed by atoms with Crippen LogP contribution >= 0.6 is 0 Å². The van der Waals surface area contributed by atoms with E-state index in [9.17, 15) is 33.0 Å². The van der Waals surface area contributed by atoms with Crippen LogP contribution in [0.4, 0.5) is 28.9 Å². The van der Waals surface area contributed by atoms with E-state index < -0.39 is 74.3 Å². The number of halogens is 4. The lowest BCUT2D eigenvalue weighted by Crippen LogP contribution is -2.51. The van der Waals surface area contributed by atoms with Crippen LogP contribution in [0.25, 0.3) is 16.6 Å². The summed E-state index contributed by atoms with van der Waals surface area (Å²) >= 11 is 0. The van der Waals surface area contributed by atoms with Gasteiger partial charge in [-0.15, -0.1) is 0 Å². The minimum atomic E-state index is -1.71. The molecule has 3 aromatic rings. The second-order valence-corrected chi connectivity index (χ2v) is 6.85. The largest absolute Gasteiger partial charge is 0.477 e. The van der Waals surface area contributed by atoms with Gasteiger partial charge < -0.3 is 25.4 Å². The molecule has 7 nitrogen and oxygen atoms in total. The molecule has 4 rings (SSSR count). The predicted molar refractivity (Wildman–Crippen MR) is 99.0 cm³/mol. The van der Waals surface area contributed by atoms with Crippen molar-refractivity contribution in [3.05, 3.63) is 63.5 Å². The summed E-state index contributed by atoms with van der Waals surface area (Å²) in [6.07, 6.45) is -0.135. The van der Waals surface area contributed by atoms with Crippen LogP contribution < -0.4 is 16.1 Å². The van der Waals surface area contributed by atoms with Crippen molar-refractivity contribution in [2.24, 2.45) is 0 Å². The molecule has 1 fully saturated rings. The van der Waals surface area contributed by atoms with Crippen molar-refractivity contribution < 1.29 is 32.6 Å². The number of hydrogen-bond acceptors (Lipinski definition) is 5. The number of aliphatic hydroxyl groups is 1. The predicted octanol–water partition coefficient (Wildman–Crippen LogP) is 2.01. The van der Waals surface area contributed by atoms with E-state index in [4.69, 9.17) is 5.73 Å². The topological polar surface area (TPSA) is 109 Å². The van der Waals surface area contributed by atoms with Crippen LogP contribution in [0.2, 0.25) is 0 Å². The van der Waals surface area contributed by atoms with Gasteiger partial charge >= 0.3 is 5.97 Å². The van der Waals surface area contributed by atoms with Gasteiger partial charge in [-0.2, -0.15) is 0 Å². The normalized spacial score (nSPS) is 14.2. The van der Waals surface area contributed by atoms with E-state index in [-0.39, 0.29) is 13.1 Å². The smallest absolute Gasteiger partial charge is 0.341 e. The second kappa shape index (κ2) is 6.73. The lowest BCUT2D eigenvalue weighted by molar-refractivity contribution is 0.0695. The number of benzene rings is 2. The lowest BCUT2D eigenvalue weighted by Gasteiger charge is -2.38. The summed E-state index contributed by atoms with van der Waals surface area (Å²) in [4.78, 5) is 25.2. The minimum Gasteiger partial charge on any atom is -0.477 e. The minimum absolute atomic E-state index is 0.0748. The number of carboxylic acids is 1. The van der Waals surface area contributed by atoms with Gasteiger partial charge in [-0.1, -0.05) is 0 Å². The first-order chi connectivity index (χ1) is 14.1. The number of anilines is 2. The van der Waals surface area contributed by atoms with E-state index in [2.05, 4.69) is 0 Å². The Labute approximate surface area is 165 Å². The fraction of sp³-hybridized carbons (Fsp3) is 0.158. The fourth-order valence-electron chi connectivity index (χ4n) is 3.41. The number of nitrogens with zero attached hydrogens (tertiary/aromatic N) is 2. The van der Waals surface area contributed by atoms with Crippen LogP contribution in [0.3, 0.4) is 0 Å². The molecule has 1 aromatic heterocycles. The molecule has 0 saturated carbocycles. The molecule has 0 unspecified atom stereocenters. The van der Waals surface area contributed by atoms with Crippen molar-refractivity contribution in [1.29, 1.82) is 0 Å². The van der Waals surface area contributed by atoms with E-state index >= 15 is 4.39 Å². The zero-order chi connectivity index (χ0) is 21.9. The number of pyridine rings is 1. The highest BCUT2D eigenvalue weighted by molar-refractivity contribution is 5.94. The summed E-state index contributed by atoms with van der Waals surface area (Å²) in [5, 5.41) is 18.1. The van der Waals surface area contributed by atoms with E-state index in [1.807, 2.05) is 0 Å². The zero-order valence-electron chi connectivity index (χ0n) is 15.0. The van der Waals surface area contributed by atoms with Gasteiger partial charge in [0.1, 0.15) is 28.7 Å². The molecule has 1 saturated heterocycles. The Kier molecular flexibility index (Phi) is 4.42. The average Bonchev–Trinajstić information content (AvgIpc) is 2.64. The number of aromatic carboxylic acids is 1. The maximum atomic E-state index is 15.4. The summed E-state index contributed by atoms with van der Waals surface area (Å²) in [6.45, 7) is -0.150. The van der Waals surface area contributed by atoms with Crippen LogP contribution in [-0.2, 0) is 0 Å². The number of rotatable bonds is 3. The number of aromatic nitrogens is 1. The fourth-order valence-corrected chi connectivity index (χ4v) is 3.41. The van der Waals surface area contributed by atoms with Crippen LogP contribution in [0, 0.1) is 23.3 Å². The summed E-state index contributed by atoms with van der Waals surface area (Å²) in [7, 11) is 0. The third-order valence-electron chi connectivity index (χ3n) is 4.89. The first-order valence-electron chi connectivity index (χ1n) is 8.58. The standard InChI is InChI=1S/C19H13F4N3O4/c20-10-2-11(21)14(3-13(10)24)26-6-9(19(29)30)18(28)8-1-12(22)17(15(23)16(8)26)25-4-7(27)5-25/h1-3,6-7,27H,4-5,24H2,(H,29,30). The molecule has 1 aliphatic heterocycles. The van der Waals surface area contributed by atoms with Gasteiger partial charge in [0.25, 0.3) is 0 Å². The number of nitrogens with two attached hydrogens (primary N) is 1. The van der Waals surface area contributed by atoms with Gasteiger partial charge in [0.05, 0.1) is 28.4 Å². The Morgan fingerprint density at radius 1 is 1.07 bits per heavy atom. The molecular formula is C19H13F4N3O4. The van der Waals surface area contributed by atoms with Crippen LogP contribution in [0.5, 0.6) is 0 Å². The second-order valence-electron chi connectivity index (χ2n) is 6.85. The number of β-amino-alcohol motifs (C(OH)–C–C–N with tert-alkyl or cyclic N) is 1. The molecule has 156 valence electrons. The van der Waals surface area contributed by atoms with Gasteiger partial charge in [-0.3, -0.25) is 4.79 Å². The van der Waals surface area contributed by atoms with Gasteiger partial charge in [-0.05, 0) is 12.1 Å². The van der Waals surface area contributed by atoms with Crippen molar-refractivity contribution in [3.8, 4) is 5.69 Å². The maximum absolute atomic E-state index is 15.4. The zero-order valence-corrected chi connectivity index (χ0v) is 15.0. The Balaban J connectivity index is 2.14. The van der Waals surface area contributed by atoms with Crippen molar-refractivity contribution >= 4 is 28.2 Å². The van der Waals surface area contributed by atoms with Crippen molar-refractivity contribution in [1.82, 2.24) is 4.57 Å². The Morgan fingerprint density at radius 2 is 1.73 bits per heavy atom. The highest BCUT2D eigenvalue weighted by Crippen LogP contribution is 2.34. The number of carboxylic acid groups (broad SMARTS) is 1. The Hall–Kier alpha value is -3.60. The third-order valence-corrected chi connectivity index (χ3v) is 4.89. The summed E-state index contributed by atoms with van der Waals surface area (Å²) in [5.74, 6) is -6.44. The quantitative estimate of drug-likeness (QED) is 0.439. The van der Waals surface area contributed by atoms with E-state index in [0.29, 0.717) is 22.9 Å². The number of carbonyl (C=O) groups is 1. The molecule has 0 bridgehead atoms. The SMILES string of the molecule is Nc1cc(-n2cc(C(=O)O)c(=O)c3cc(F)c(N4CC(O)C4)c(F)c32)c(F)cc1F. The molecule has 2 heterocycles. The monoisotopic (exact) mass is 423 g/mol. The molecule has 4 N–H and O–H groups in total. The van der Waals surface area contributed by atoms with Crippen molar-refractivity contribution in [3.63, 3.8) is 0 Å². The molecule has 11 heteroatoms. The highest BCUT2D eigenvalue weighted by Gasteiger charge is 2.32. The highest BCUT2D eigenvalue weighted by atomic mass is 19.1. The molecule has 0 radical (unpaired) electrons. The lowest BCUT2D eigenvalue weighted by atomic mass is 10.1. The van der Waals surface area contributed by atoms with Gasteiger partial charge in [-0.25, -0.2) is 22.4 Å². The Morgan fingerprint density at radius 3 is 2.33 bits per heavy atom. The van der Waals surface area contributed by atoms with Gasteiger partial charge in [0, 0.05) is 25.4 Å². The molecule has 0 aliphatic carbocycles. The van der Waals surface area contributed by atoms with Gasteiger partial charge in [0.15, 0.2) is 5.82 Å². The number of hydrogen-bond donors (Lipinski definition) is 3. The van der Waals surface area contributed by atoms with Crippen LogP contribution in [-0.4, -0.2) is 39.9 Å². The maximum Gasteiger partial charge on any atom is 0.341 e. The van der Waals surface area contributed by atoms with Crippen LogP contribution in [0.1, 0.15) is 10.4 Å². The average molecular weight is 423 g/mol. The molecule has 0 amide bonds. The number of fused-ring (bicyclic) bond motifs is 1. The molecule has 0 atom stereocenters. The number of aliphatic hydroxyl groups excluding tert-OH is 1. The third kappa shape index (κ3) is 2.86. The van der Waals surface area contributed by atoms with E-state index in [1.165, 1.54) is 4.90 Å². The first kappa shape index (κ1) is 19.7. The van der Waals surface area contributed by atoms with Gasteiger partial charge in [0.2, 0.25) is 5.43 Å².